The maximum absolute atomic E-state index is 11.8. The molecule has 0 saturated carbocycles. The Morgan fingerprint density at radius 1 is 1.25 bits per heavy atom. The summed E-state index contributed by atoms with van der Waals surface area (Å²) in [5, 5.41) is 0. The fraction of sp³-hybridized carbons (Fsp3) is 0.200. The molecule has 1 aromatic heterocycles. The van der Waals surface area contributed by atoms with Crippen molar-refractivity contribution in [2.75, 3.05) is 5.73 Å². The molecule has 0 aliphatic rings. The van der Waals surface area contributed by atoms with Crippen molar-refractivity contribution < 1.29 is 13.2 Å². The largest absolute Gasteiger partial charge is 0.433 e. The number of aromatic nitrogens is 2. The molecule has 0 atom stereocenters. The Kier molecular flexibility index (Phi) is 3.95. The number of nitrogen functional groups attached to an aromatic ring is 1. The van der Waals surface area contributed by atoms with Crippen LogP contribution in [0.25, 0.3) is 0 Å². The third-order valence-corrected chi connectivity index (χ3v) is 0.979. The maximum atomic E-state index is 11.8. The molecule has 12 heavy (non-hydrogen) atoms. The molecule has 0 saturated heterocycles. The minimum Gasteiger partial charge on any atom is -0.384 e. The van der Waals surface area contributed by atoms with Crippen molar-refractivity contribution in [3.05, 3.63) is 18.1 Å². The van der Waals surface area contributed by atoms with Gasteiger partial charge >= 0.3 is 6.18 Å². The number of nitrogens with zero attached hydrogens (tertiary/aromatic N) is 2. The number of anilines is 1. The number of rotatable bonds is 0. The topological polar surface area (TPSA) is 51.8 Å². The Labute approximate surface area is 88.5 Å². The number of nitrogens with two attached hydrogens (primary N) is 1. The average Bonchev–Trinajstić information content (AvgIpc) is 1.86. The van der Waals surface area contributed by atoms with Gasteiger partial charge in [0.2, 0.25) is 0 Å². The Morgan fingerprint density at radius 3 is 2.17 bits per heavy atom. The predicted octanol–water partition coefficient (Wildman–Crippen LogP) is 0.697. The van der Waals surface area contributed by atoms with E-state index in [-0.39, 0.29) is 35.4 Å². The standard InChI is InChI=1S/C5H4F3N3.Na/c6-5(7,8)3-1-4(9)11-2-10-3;/h1-2H,(H2,9,10,11);. The first kappa shape index (κ1) is 11.7. The third-order valence-electron chi connectivity index (χ3n) is 0.979. The number of hydrogen-bond acceptors (Lipinski definition) is 3. The van der Waals surface area contributed by atoms with Crippen molar-refractivity contribution in [1.29, 1.82) is 0 Å². The molecule has 0 bridgehead atoms. The van der Waals surface area contributed by atoms with Crippen LogP contribution in [-0.4, -0.2) is 39.5 Å². The van der Waals surface area contributed by atoms with E-state index in [2.05, 4.69) is 9.97 Å². The summed E-state index contributed by atoms with van der Waals surface area (Å²) in [5.74, 6) is -0.188. The van der Waals surface area contributed by atoms with Crippen LogP contribution >= 0.6 is 0 Å². The van der Waals surface area contributed by atoms with Gasteiger partial charge in [0.05, 0.1) is 0 Å². The van der Waals surface area contributed by atoms with Crippen LogP contribution in [0, 0.1) is 0 Å². The molecule has 0 amide bonds. The van der Waals surface area contributed by atoms with Crippen LogP contribution in [0.15, 0.2) is 12.4 Å². The maximum Gasteiger partial charge on any atom is 0.433 e. The summed E-state index contributed by atoms with van der Waals surface area (Å²) in [6, 6.07) is 0.681. The van der Waals surface area contributed by atoms with E-state index in [1.165, 1.54) is 0 Å². The molecule has 2 N–H and O–H groups in total. The first-order valence-corrected chi connectivity index (χ1v) is 2.65. The molecule has 7 heteroatoms. The van der Waals surface area contributed by atoms with Gasteiger partial charge in [-0.1, -0.05) is 0 Å². The van der Waals surface area contributed by atoms with E-state index in [4.69, 9.17) is 5.73 Å². The molecule has 0 fully saturated rings. The van der Waals surface area contributed by atoms with Crippen molar-refractivity contribution in [1.82, 2.24) is 9.97 Å². The summed E-state index contributed by atoms with van der Waals surface area (Å²) in [5.41, 5.74) is 3.98. The van der Waals surface area contributed by atoms with E-state index in [0.717, 1.165) is 6.33 Å². The minimum atomic E-state index is -4.45. The summed E-state index contributed by atoms with van der Waals surface area (Å²) in [4.78, 5) is 6.31. The Bertz CT molecular complexity index is 262. The number of hydrogen-bond donors (Lipinski definition) is 1. The summed E-state index contributed by atoms with van der Waals surface area (Å²) in [7, 11) is 0. The summed E-state index contributed by atoms with van der Waals surface area (Å²) in [6.45, 7) is 0. The van der Waals surface area contributed by atoms with Gasteiger partial charge in [-0.05, 0) is 0 Å². The van der Waals surface area contributed by atoms with Gasteiger partial charge in [-0.25, -0.2) is 9.97 Å². The molecular weight excluding hydrogens is 182 g/mol. The molecule has 0 aliphatic heterocycles. The van der Waals surface area contributed by atoms with Gasteiger partial charge in [-0.3, -0.25) is 0 Å². The van der Waals surface area contributed by atoms with Crippen LogP contribution in [-0.2, 0) is 6.18 Å². The van der Waals surface area contributed by atoms with E-state index in [0.29, 0.717) is 6.07 Å². The quantitative estimate of drug-likeness (QED) is 0.606. The van der Waals surface area contributed by atoms with Crippen LogP contribution in [0.5, 0.6) is 0 Å². The monoisotopic (exact) mass is 186 g/mol. The molecule has 0 unspecified atom stereocenters. The van der Waals surface area contributed by atoms with Crippen LogP contribution in [0.2, 0.25) is 0 Å². The minimum absolute atomic E-state index is 0. The Balaban J connectivity index is 0.00000121. The first-order chi connectivity index (χ1) is 5.00. The molecule has 1 heterocycles. The molecule has 1 aromatic rings. The molecular formula is C5H4F3N3Na. The molecule has 1 rings (SSSR count). The molecule has 0 aliphatic carbocycles. The summed E-state index contributed by atoms with van der Waals surface area (Å²) < 4.78 is 35.5. The fourth-order valence-corrected chi connectivity index (χ4v) is 0.527. The van der Waals surface area contributed by atoms with Crippen LogP contribution in [0.4, 0.5) is 19.0 Å². The zero-order valence-corrected chi connectivity index (χ0v) is 8.26. The van der Waals surface area contributed by atoms with Crippen molar-refractivity contribution in [2.45, 2.75) is 6.18 Å². The normalized spacial score (nSPS) is 10.6. The number of alkyl halides is 3. The molecule has 1 radical (unpaired) electrons. The van der Waals surface area contributed by atoms with Gasteiger partial charge in [-0.2, -0.15) is 13.2 Å². The van der Waals surface area contributed by atoms with E-state index in [1.54, 1.807) is 0 Å². The smallest absolute Gasteiger partial charge is 0.384 e. The molecule has 61 valence electrons. The fourth-order valence-electron chi connectivity index (χ4n) is 0.527. The zero-order chi connectivity index (χ0) is 8.48. The van der Waals surface area contributed by atoms with Crippen molar-refractivity contribution in [2.24, 2.45) is 0 Å². The second-order valence-corrected chi connectivity index (χ2v) is 1.83. The third kappa shape index (κ3) is 2.96. The number of halogens is 3. The summed E-state index contributed by atoms with van der Waals surface area (Å²) in [6.07, 6.45) is -3.67. The van der Waals surface area contributed by atoms with Gasteiger partial charge in [-0.15, -0.1) is 0 Å². The summed E-state index contributed by atoms with van der Waals surface area (Å²) >= 11 is 0. The van der Waals surface area contributed by atoms with E-state index in [1.807, 2.05) is 0 Å². The van der Waals surface area contributed by atoms with Crippen molar-refractivity contribution in [3.63, 3.8) is 0 Å². The second-order valence-electron chi connectivity index (χ2n) is 1.83. The second kappa shape index (κ2) is 4.06. The van der Waals surface area contributed by atoms with E-state index >= 15 is 0 Å². The van der Waals surface area contributed by atoms with Crippen LogP contribution in [0.3, 0.4) is 0 Å². The zero-order valence-electron chi connectivity index (χ0n) is 6.26. The Morgan fingerprint density at radius 2 is 1.83 bits per heavy atom. The van der Waals surface area contributed by atoms with Crippen LogP contribution < -0.4 is 5.73 Å². The van der Waals surface area contributed by atoms with Gasteiger partial charge in [0.15, 0.2) is 0 Å². The van der Waals surface area contributed by atoms with E-state index < -0.39 is 11.9 Å². The van der Waals surface area contributed by atoms with Gasteiger partial charge in [0, 0.05) is 35.6 Å². The molecule has 3 nitrogen and oxygen atoms in total. The van der Waals surface area contributed by atoms with E-state index in [9.17, 15) is 13.2 Å². The average molecular weight is 186 g/mol. The van der Waals surface area contributed by atoms with Crippen molar-refractivity contribution in [3.8, 4) is 0 Å². The molecule has 0 aromatic carbocycles. The van der Waals surface area contributed by atoms with Crippen LogP contribution in [0.1, 0.15) is 5.69 Å². The van der Waals surface area contributed by atoms with Gasteiger partial charge in [0.25, 0.3) is 0 Å². The van der Waals surface area contributed by atoms with Gasteiger partial charge < -0.3 is 5.73 Å². The SMILES string of the molecule is Nc1cc(C(F)(F)F)ncn1.[Na]. The van der Waals surface area contributed by atoms with Gasteiger partial charge in [0.1, 0.15) is 17.8 Å². The predicted molar refractivity (Wildman–Crippen MR) is 37.2 cm³/mol. The van der Waals surface area contributed by atoms with Crippen molar-refractivity contribution >= 4 is 35.4 Å². The Hall–Kier alpha value is -0.330. The first-order valence-electron chi connectivity index (χ1n) is 2.65. The molecule has 0 spiro atoms.